The molecule has 1 N–H and O–H groups in total. The summed E-state index contributed by atoms with van der Waals surface area (Å²) in [5, 5.41) is 9.12. The number of carboxylic acid groups (broad SMARTS) is 1. The van der Waals surface area contributed by atoms with Gasteiger partial charge in [0.05, 0.1) is 5.92 Å². The Balaban J connectivity index is 2.49. The van der Waals surface area contributed by atoms with E-state index >= 15 is 0 Å². The number of halogens is 4. The fraction of sp³-hybridized carbons (Fsp3) is 0.333. The zero-order valence-electron chi connectivity index (χ0n) is 9.95. The third kappa shape index (κ3) is 2.65. The van der Waals surface area contributed by atoms with Gasteiger partial charge in [0.2, 0.25) is 0 Å². The summed E-state index contributed by atoms with van der Waals surface area (Å²) in [5.74, 6) is -4.02. The molecule has 0 saturated heterocycles. The van der Waals surface area contributed by atoms with Crippen molar-refractivity contribution in [2.75, 3.05) is 11.4 Å². The molecule has 20 heavy (non-hydrogen) atoms. The molecule has 8 heteroatoms. The van der Waals surface area contributed by atoms with Crippen LogP contribution < -0.4 is 4.90 Å². The summed E-state index contributed by atoms with van der Waals surface area (Å²) >= 11 is 3.14. The van der Waals surface area contributed by atoms with E-state index in [1.54, 1.807) is 0 Å². The van der Waals surface area contributed by atoms with Crippen LogP contribution in [0.2, 0.25) is 0 Å². The maximum Gasteiger partial charge on any atom is 0.471 e. The number of carboxylic acids is 1. The summed E-state index contributed by atoms with van der Waals surface area (Å²) < 4.78 is 38.2. The Kier molecular flexibility index (Phi) is 3.77. The van der Waals surface area contributed by atoms with Crippen molar-refractivity contribution in [2.45, 2.75) is 18.5 Å². The smallest absolute Gasteiger partial charge is 0.471 e. The SMILES string of the molecule is O=C(O)C1CCN(C(=O)C(F)(F)F)c2ccc(Br)cc21. The van der Waals surface area contributed by atoms with Crippen LogP contribution in [0, 0.1) is 0 Å². The molecule has 0 aromatic heterocycles. The first kappa shape index (κ1) is 14.8. The number of alkyl halides is 3. The summed E-state index contributed by atoms with van der Waals surface area (Å²) in [6, 6.07) is 4.22. The van der Waals surface area contributed by atoms with Gasteiger partial charge in [-0.3, -0.25) is 9.59 Å². The Hall–Kier alpha value is -1.57. The molecule has 1 aromatic rings. The molecular formula is C12H9BrF3NO3. The second kappa shape index (κ2) is 5.08. The number of hydrogen-bond acceptors (Lipinski definition) is 2. The highest BCUT2D eigenvalue weighted by atomic mass is 79.9. The minimum absolute atomic E-state index is 0.00539. The number of carbonyl (C=O) groups is 2. The van der Waals surface area contributed by atoms with Crippen molar-refractivity contribution < 1.29 is 27.9 Å². The van der Waals surface area contributed by atoms with Crippen LogP contribution in [0.4, 0.5) is 18.9 Å². The Bertz CT molecular complexity index is 574. The van der Waals surface area contributed by atoms with Crippen LogP contribution in [0.25, 0.3) is 0 Å². The van der Waals surface area contributed by atoms with Crippen molar-refractivity contribution in [3.63, 3.8) is 0 Å². The number of hydrogen-bond donors (Lipinski definition) is 1. The summed E-state index contributed by atoms with van der Waals surface area (Å²) in [6.07, 6.45) is -5.04. The van der Waals surface area contributed by atoms with Gasteiger partial charge in [-0.1, -0.05) is 15.9 Å². The van der Waals surface area contributed by atoms with Gasteiger partial charge in [0.1, 0.15) is 0 Å². The number of anilines is 1. The van der Waals surface area contributed by atoms with Gasteiger partial charge in [-0.2, -0.15) is 13.2 Å². The number of aliphatic carboxylic acids is 1. The monoisotopic (exact) mass is 351 g/mol. The Morgan fingerprint density at radius 1 is 1.35 bits per heavy atom. The molecule has 0 radical (unpaired) electrons. The van der Waals surface area contributed by atoms with Gasteiger partial charge < -0.3 is 10.0 Å². The first-order valence-corrected chi connectivity index (χ1v) is 6.42. The maximum absolute atomic E-state index is 12.5. The highest BCUT2D eigenvalue weighted by Gasteiger charge is 2.45. The first-order chi connectivity index (χ1) is 9.21. The van der Waals surface area contributed by atoms with Crippen LogP contribution in [-0.2, 0) is 9.59 Å². The van der Waals surface area contributed by atoms with Gasteiger partial charge >= 0.3 is 18.1 Å². The lowest BCUT2D eigenvalue weighted by atomic mass is 9.90. The lowest BCUT2D eigenvalue weighted by molar-refractivity contribution is -0.170. The predicted octanol–water partition coefficient (Wildman–Crippen LogP) is 2.92. The van der Waals surface area contributed by atoms with Crippen molar-refractivity contribution in [1.82, 2.24) is 0 Å². The molecule has 1 aliphatic heterocycles. The third-order valence-corrected chi connectivity index (χ3v) is 3.58. The molecular weight excluding hydrogens is 343 g/mol. The number of rotatable bonds is 1. The summed E-state index contributed by atoms with van der Waals surface area (Å²) in [6.45, 7) is -0.274. The molecule has 1 amide bonds. The van der Waals surface area contributed by atoms with E-state index in [0.29, 0.717) is 9.37 Å². The fourth-order valence-corrected chi connectivity index (χ4v) is 2.58. The van der Waals surface area contributed by atoms with Crippen molar-refractivity contribution in [1.29, 1.82) is 0 Å². The molecule has 1 aliphatic rings. The van der Waals surface area contributed by atoms with E-state index in [2.05, 4.69) is 15.9 Å². The average Bonchev–Trinajstić information content (AvgIpc) is 2.34. The Labute approximate surface area is 120 Å². The lowest BCUT2D eigenvalue weighted by Gasteiger charge is -2.33. The van der Waals surface area contributed by atoms with E-state index in [-0.39, 0.29) is 24.2 Å². The predicted molar refractivity (Wildman–Crippen MR) is 67.5 cm³/mol. The molecule has 2 rings (SSSR count). The third-order valence-electron chi connectivity index (χ3n) is 3.08. The summed E-state index contributed by atoms with van der Waals surface area (Å²) in [7, 11) is 0. The highest BCUT2D eigenvalue weighted by Crippen LogP contribution is 2.38. The van der Waals surface area contributed by atoms with Crippen molar-refractivity contribution in [3.8, 4) is 0 Å². The zero-order valence-corrected chi connectivity index (χ0v) is 11.5. The van der Waals surface area contributed by atoms with E-state index in [1.807, 2.05) is 0 Å². The van der Waals surface area contributed by atoms with Crippen LogP contribution in [0.3, 0.4) is 0 Å². The number of benzene rings is 1. The molecule has 0 fully saturated rings. The van der Waals surface area contributed by atoms with Gasteiger partial charge in [0.15, 0.2) is 0 Å². The molecule has 4 nitrogen and oxygen atoms in total. The number of amides is 1. The van der Waals surface area contributed by atoms with Gasteiger partial charge in [-0.15, -0.1) is 0 Å². The average molecular weight is 352 g/mol. The molecule has 0 spiro atoms. The van der Waals surface area contributed by atoms with E-state index < -0.39 is 24.0 Å². The number of nitrogens with zero attached hydrogens (tertiary/aromatic N) is 1. The quantitative estimate of drug-likeness (QED) is 0.846. The van der Waals surface area contributed by atoms with Crippen LogP contribution in [0.1, 0.15) is 17.9 Å². The maximum atomic E-state index is 12.5. The molecule has 1 atom stereocenters. The Morgan fingerprint density at radius 2 is 2.00 bits per heavy atom. The van der Waals surface area contributed by atoms with Gasteiger partial charge in [-0.05, 0) is 30.2 Å². The normalized spacial score (nSPS) is 18.6. The standard InChI is InChI=1S/C12H9BrF3NO3/c13-6-1-2-9-8(5-6)7(10(18)19)3-4-17(9)11(20)12(14,15)16/h1-2,5,7H,3-4H2,(H,18,19). The van der Waals surface area contributed by atoms with E-state index in [4.69, 9.17) is 5.11 Å². The first-order valence-electron chi connectivity index (χ1n) is 5.62. The minimum Gasteiger partial charge on any atom is -0.481 e. The van der Waals surface area contributed by atoms with E-state index in [9.17, 15) is 22.8 Å². The molecule has 0 bridgehead atoms. The van der Waals surface area contributed by atoms with Crippen LogP contribution >= 0.6 is 15.9 Å². The topological polar surface area (TPSA) is 57.6 Å². The highest BCUT2D eigenvalue weighted by molar-refractivity contribution is 9.10. The van der Waals surface area contributed by atoms with Crippen molar-refractivity contribution >= 4 is 33.5 Å². The zero-order chi connectivity index (χ0) is 15.1. The minimum atomic E-state index is -4.99. The largest absolute Gasteiger partial charge is 0.481 e. The van der Waals surface area contributed by atoms with Crippen LogP contribution in [-0.4, -0.2) is 29.7 Å². The van der Waals surface area contributed by atoms with Gasteiger partial charge in [0, 0.05) is 16.7 Å². The van der Waals surface area contributed by atoms with Gasteiger partial charge in [-0.25, -0.2) is 0 Å². The number of carbonyl (C=O) groups excluding carboxylic acids is 1. The second-order valence-electron chi connectivity index (χ2n) is 4.34. The molecule has 1 heterocycles. The lowest BCUT2D eigenvalue weighted by Crippen LogP contribution is -2.45. The van der Waals surface area contributed by atoms with Gasteiger partial charge in [0.25, 0.3) is 0 Å². The van der Waals surface area contributed by atoms with Crippen LogP contribution in [0.5, 0.6) is 0 Å². The number of fused-ring (bicyclic) bond motifs is 1. The Morgan fingerprint density at radius 3 is 2.55 bits per heavy atom. The van der Waals surface area contributed by atoms with Crippen LogP contribution in [0.15, 0.2) is 22.7 Å². The van der Waals surface area contributed by atoms with E-state index in [1.165, 1.54) is 18.2 Å². The molecule has 108 valence electrons. The van der Waals surface area contributed by atoms with E-state index in [0.717, 1.165) is 0 Å². The van der Waals surface area contributed by atoms with Crippen molar-refractivity contribution in [3.05, 3.63) is 28.2 Å². The summed E-state index contributed by atoms with van der Waals surface area (Å²) in [4.78, 5) is 23.1. The fourth-order valence-electron chi connectivity index (χ4n) is 2.20. The summed E-state index contributed by atoms with van der Waals surface area (Å²) in [5.41, 5.74) is 0.199. The molecule has 1 aromatic carbocycles. The molecule has 1 unspecified atom stereocenters. The van der Waals surface area contributed by atoms with Crippen molar-refractivity contribution in [2.24, 2.45) is 0 Å². The molecule has 0 aliphatic carbocycles. The second-order valence-corrected chi connectivity index (χ2v) is 5.25. The molecule has 0 saturated carbocycles.